The Bertz CT molecular complexity index is 1870. The Balaban J connectivity index is 0.000000287. The highest BCUT2D eigenvalue weighted by Gasteiger charge is 2.19. The van der Waals surface area contributed by atoms with Crippen LogP contribution in [0.15, 0.2) is 71.2 Å². The number of carbonyl (C=O) groups excluding carboxylic acids is 3. The molecular formula is C36H46N8O7S2. The number of amides is 2. The van der Waals surface area contributed by atoms with Crippen LogP contribution >= 0.6 is 23.5 Å². The predicted octanol–water partition coefficient (Wildman–Crippen LogP) is 8.25. The zero-order valence-electron chi connectivity index (χ0n) is 31.2. The van der Waals surface area contributed by atoms with Gasteiger partial charge in [0.05, 0.1) is 13.2 Å². The fourth-order valence-electron chi connectivity index (χ4n) is 4.10. The molecule has 284 valence electrons. The summed E-state index contributed by atoms with van der Waals surface area (Å²) < 4.78 is 15.6. The van der Waals surface area contributed by atoms with Gasteiger partial charge in [0.25, 0.3) is 0 Å². The van der Waals surface area contributed by atoms with Crippen LogP contribution in [0.4, 0.5) is 44.0 Å². The number of anilines is 6. The minimum atomic E-state index is -0.594. The molecule has 4 rings (SSSR count). The maximum atomic E-state index is 12.2. The molecule has 53 heavy (non-hydrogen) atoms. The highest BCUT2D eigenvalue weighted by molar-refractivity contribution is 7.98. The minimum absolute atomic E-state index is 0.174. The largest absolute Gasteiger partial charge is 0.462 e. The van der Waals surface area contributed by atoms with Gasteiger partial charge in [-0.1, -0.05) is 35.7 Å². The summed E-state index contributed by atoms with van der Waals surface area (Å²) in [5.41, 5.74) is 2.13. The number of aliphatic hydroxyl groups excluding tert-OH is 1. The van der Waals surface area contributed by atoms with Crippen molar-refractivity contribution in [3.8, 4) is 0 Å². The molecule has 0 unspecified atom stereocenters. The number of hydrogen-bond donors (Lipinski definition) is 5. The van der Waals surface area contributed by atoms with Crippen molar-refractivity contribution < 1.29 is 33.7 Å². The number of nitrogens with zero attached hydrogens (tertiary/aromatic N) is 4. The molecule has 0 radical (unpaired) electrons. The van der Waals surface area contributed by atoms with Gasteiger partial charge < -0.3 is 30.0 Å². The fourth-order valence-corrected chi connectivity index (χ4v) is 4.78. The van der Waals surface area contributed by atoms with Gasteiger partial charge in [-0.3, -0.25) is 10.6 Å². The second-order valence-electron chi connectivity index (χ2n) is 12.9. The predicted molar refractivity (Wildman–Crippen MR) is 209 cm³/mol. The summed E-state index contributed by atoms with van der Waals surface area (Å²) in [5.74, 6) is 0.337. The summed E-state index contributed by atoms with van der Waals surface area (Å²) >= 11 is 2.77. The summed E-state index contributed by atoms with van der Waals surface area (Å²) in [6.07, 6.45) is 5.67. The Morgan fingerprint density at radius 2 is 1.17 bits per heavy atom. The number of hydrogen-bond acceptors (Lipinski definition) is 15. The van der Waals surface area contributed by atoms with Gasteiger partial charge >= 0.3 is 18.2 Å². The lowest BCUT2D eigenvalue weighted by atomic mass is 10.2. The van der Waals surface area contributed by atoms with Crippen LogP contribution in [-0.2, 0) is 20.8 Å². The van der Waals surface area contributed by atoms with Gasteiger partial charge in [-0.25, -0.2) is 34.3 Å². The first-order valence-electron chi connectivity index (χ1n) is 16.4. The molecule has 4 aromatic rings. The van der Waals surface area contributed by atoms with E-state index in [0.29, 0.717) is 50.3 Å². The van der Waals surface area contributed by atoms with Crippen LogP contribution in [-0.4, -0.2) is 73.5 Å². The van der Waals surface area contributed by atoms with Gasteiger partial charge in [0.1, 0.15) is 28.4 Å². The van der Waals surface area contributed by atoms with Crippen molar-refractivity contribution in [2.75, 3.05) is 40.4 Å². The average Bonchev–Trinajstić information content (AvgIpc) is 3.07. The second kappa shape index (κ2) is 19.6. The van der Waals surface area contributed by atoms with E-state index in [-0.39, 0.29) is 18.8 Å². The van der Waals surface area contributed by atoms with E-state index in [1.54, 1.807) is 97.1 Å². The summed E-state index contributed by atoms with van der Waals surface area (Å²) in [4.78, 5) is 53.0. The first-order chi connectivity index (χ1) is 25.0. The Morgan fingerprint density at radius 3 is 1.62 bits per heavy atom. The number of rotatable bonds is 11. The van der Waals surface area contributed by atoms with Crippen molar-refractivity contribution in [1.82, 2.24) is 19.9 Å². The van der Waals surface area contributed by atoms with Crippen LogP contribution in [0.2, 0.25) is 0 Å². The van der Waals surface area contributed by atoms with Gasteiger partial charge in [-0.05, 0) is 97.4 Å². The SMILES string of the molecule is CCOC(=O)c1cnc(SC)nc1Nc1cccc(NC(=O)OC(C)(C)C)c1.CSc1ncc(CO)c(Nc2cccc(NC(=O)OC(C)(C)C)c2)n1. The smallest absolute Gasteiger partial charge is 0.412 e. The number of thioether (sulfide) groups is 2. The number of aromatic nitrogens is 4. The number of aliphatic hydroxyl groups is 1. The molecule has 2 aromatic carbocycles. The molecule has 0 atom stereocenters. The maximum absolute atomic E-state index is 12.2. The molecule has 0 aliphatic heterocycles. The van der Waals surface area contributed by atoms with Crippen LogP contribution in [0.25, 0.3) is 0 Å². The summed E-state index contributed by atoms with van der Waals surface area (Å²) in [6.45, 7) is 12.6. The van der Waals surface area contributed by atoms with E-state index in [0.717, 1.165) is 0 Å². The van der Waals surface area contributed by atoms with Crippen LogP contribution in [0.5, 0.6) is 0 Å². The molecule has 0 bridgehead atoms. The number of ether oxygens (including phenoxy) is 3. The molecule has 2 amide bonds. The average molecular weight is 767 g/mol. The van der Waals surface area contributed by atoms with E-state index in [1.807, 2.05) is 18.6 Å². The van der Waals surface area contributed by atoms with Crippen molar-refractivity contribution in [3.05, 3.63) is 72.1 Å². The van der Waals surface area contributed by atoms with Gasteiger partial charge in [-0.2, -0.15) is 0 Å². The van der Waals surface area contributed by atoms with Crippen molar-refractivity contribution in [2.45, 2.75) is 76.6 Å². The molecule has 0 aliphatic carbocycles. The maximum Gasteiger partial charge on any atom is 0.412 e. The normalized spacial score (nSPS) is 11.0. The lowest BCUT2D eigenvalue weighted by Gasteiger charge is -2.20. The zero-order chi connectivity index (χ0) is 39.2. The highest BCUT2D eigenvalue weighted by Crippen LogP contribution is 2.26. The molecule has 0 saturated heterocycles. The Labute approximate surface area is 317 Å². The first-order valence-corrected chi connectivity index (χ1v) is 18.8. The third-order valence-electron chi connectivity index (χ3n) is 6.18. The highest BCUT2D eigenvalue weighted by atomic mass is 32.2. The lowest BCUT2D eigenvalue weighted by molar-refractivity contribution is 0.0524. The molecule has 0 fully saturated rings. The third-order valence-corrected chi connectivity index (χ3v) is 7.30. The van der Waals surface area contributed by atoms with E-state index in [9.17, 15) is 19.5 Å². The van der Waals surface area contributed by atoms with E-state index < -0.39 is 29.4 Å². The monoisotopic (exact) mass is 766 g/mol. The van der Waals surface area contributed by atoms with Crippen LogP contribution in [0.1, 0.15) is 64.4 Å². The summed E-state index contributed by atoms with van der Waals surface area (Å²) in [7, 11) is 0. The number of nitrogens with one attached hydrogen (secondary N) is 4. The fraction of sp³-hybridized carbons (Fsp3) is 0.361. The summed E-state index contributed by atoms with van der Waals surface area (Å²) in [5, 5.41) is 22.2. The van der Waals surface area contributed by atoms with E-state index in [2.05, 4.69) is 41.2 Å². The molecular weight excluding hydrogens is 721 g/mol. The number of benzene rings is 2. The van der Waals surface area contributed by atoms with Crippen molar-refractivity contribution in [3.63, 3.8) is 0 Å². The Hall–Kier alpha value is -5.13. The Kier molecular flexibility index (Phi) is 15.7. The van der Waals surface area contributed by atoms with E-state index >= 15 is 0 Å². The molecule has 17 heteroatoms. The molecule has 0 saturated carbocycles. The van der Waals surface area contributed by atoms with Crippen molar-refractivity contribution in [2.24, 2.45) is 0 Å². The second-order valence-corrected chi connectivity index (χ2v) is 14.4. The minimum Gasteiger partial charge on any atom is -0.462 e. The molecule has 0 aliphatic rings. The van der Waals surface area contributed by atoms with Crippen molar-refractivity contribution in [1.29, 1.82) is 0 Å². The van der Waals surface area contributed by atoms with Crippen LogP contribution in [0, 0.1) is 0 Å². The van der Waals surface area contributed by atoms with Crippen molar-refractivity contribution >= 4 is 76.1 Å². The van der Waals surface area contributed by atoms with Gasteiger partial charge in [0.15, 0.2) is 10.3 Å². The van der Waals surface area contributed by atoms with E-state index in [1.165, 1.54) is 29.7 Å². The summed E-state index contributed by atoms with van der Waals surface area (Å²) in [6, 6.07) is 14.1. The lowest BCUT2D eigenvalue weighted by Crippen LogP contribution is -2.27. The zero-order valence-corrected chi connectivity index (χ0v) is 32.8. The Morgan fingerprint density at radius 1 is 0.717 bits per heavy atom. The van der Waals surface area contributed by atoms with Crippen LogP contribution < -0.4 is 21.3 Å². The molecule has 5 N–H and O–H groups in total. The standard InChI is InChI=1S/C19H24N4O4S.C17H22N4O3S/c1-6-26-16(24)14-11-20-17(28-5)23-15(14)21-12-8-7-9-13(10-12)22-18(25)27-19(2,3)4;1-17(2,3)24-16(23)20-13-7-5-6-12(8-13)19-14-11(10-22)9-18-15(21-14)25-4/h7-11H,6H2,1-5H3,(H,22,25)(H,20,21,23);5-9,22H,10H2,1-4H3,(H,20,23)(H,18,19,21). The molecule has 15 nitrogen and oxygen atoms in total. The topological polar surface area (TPSA) is 199 Å². The quantitative estimate of drug-likeness (QED) is 0.0423. The van der Waals surface area contributed by atoms with E-state index in [4.69, 9.17) is 14.2 Å². The van der Waals surface area contributed by atoms with Crippen LogP contribution in [0.3, 0.4) is 0 Å². The first kappa shape index (κ1) is 42.3. The third kappa shape index (κ3) is 14.8. The van der Waals surface area contributed by atoms with Gasteiger partial charge in [0.2, 0.25) is 0 Å². The molecule has 2 aromatic heterocycles. The molecule has 2 heterocycles. The van der Waals surface area contributed by atoms with Gasteiger partial charge in [0, 0.05) is 40.7 Å². The number of carbonyl (C=O) groups is 3. The molecule has 0 spiro atoms. The van der Waals surface area contributed by atoms with Gasteiger partial charge in [-0.15, -0.1) is 0 Å². The number of esters is 1.